The molecule has 1 aromatic heterocycles. The van der Waals surface area contributed by atoms with Gasteiger partial charge < -0.3 is 4.98 Å². The van der Waals surface area contributed by atoms with E-state index >= 15 is 4.39 Å². The number of likely N-dealkylation sites (tertiary alicyclic amines) is 1. The van der Waals surface area contributed by atoms with E-state index < -0.39 is 17.4 Å². The molecule has 0 radical (unpaired) electrons. The lowest BCUT2D eigenvalue weighted by atomic mass is 9.72. The monoisotopic (exact) mass is 516 g/mol. The van der Waals surface area contributed by atoms with Crippen LogP contribution in [0.5, 0.6) is 0 Å². The maximum absolute atomic E-state index is 15.4. The molecule has 37 heavy (non-hydrogen) atoms. The molecule has 3 aromatic carbocycles. The Morgan fingerprint density at radius 2 is 1.92 bits per heavy atom. The number of hydrogen-bond donors (Lipinski definition) is 1. The van der Waals surface area contributed by atoms with E-state index in [1.54, 1.807) is 18.5 Å². The molecule has 0 amide bonds. The first-order chi connectivity index (χ1) is 17.7. The first-order valence-electron chi connectivity index (χ1n) is 12.2. The summed E-state index contributed by atoms with van der Waals surface area (Å²) in [7, 11) is 0. The van der Waals surface area contributed by atoms with Gasteiger partial charge in [-0.2, -0.15) is 5.26 Å². The number of nitrogens with one attached hydrogen (secondary N) is 1. The Bertz CT molecular complexity index is 1430. The van der Waals surface area contributed by atoms with E-state index in [9.17, 15) is 9.65 Å². The van der Waals surface area contributed by atoms with Crippen LogP contribution in [0.3, 0.4) is 0 Å². The molecule has 0 unspecified atom stereocenters. The molecule has 5 rings (SSSR count). The van der Waals surface area contributed by atoms with Crippen LogP contribution in [-0.4, -0.2) is 33.6 Å². The van der Waals surface area contributed by atoms with Gasteiger partial charge in [0.2, 0.25) is 0 Å². The van der Waals surface area contributed by atoms with Gasteiger partial charge in [-0.25, -0.2) is 13.8 Å². The van der Waals surface area contributed by atoms with Gasteiger partial charge in [0.25, 0.3) is 0 Å². The van der Waals surface area contributed by atoms with Crippen molar-refractivity contribution in [2.75, 3.05) is 13.1 Å². The fourth-order valence-electron chi connectivity index (χ4n) is 5.58. The van der Waals surface area contributed by atoms with Crippen LogP contribution < -0.4 is 0 Å². The zero-order chi connectivity index (χ0) is 26.2. The molecule has 7 heteroatoms. The van der Waals surface area contributed by atoms with Crippen LogP contribution in [0.4, 0.5) is 8.78 Å². The van der Waals surface area contributed by atoms with E-state index in [2.05, 4.69) is 20.9 Å². The smallest absolute Gasteiger partial charge is 0.137 e. The van der Waals surface area contributed by atoms with Crippen molar-refractivity contribution in [3.63, 3.8) is 0 Å². The van der Waals surface area contributed by atoms with Crippen molar-refractivity contribution < 1.29 is 8.78 Å². The summed E-state index contributed by atoms with van der Waals surface area (Å²) >= 11 is 6.16. The molecule has 1 aliphatic heterocycles. The number of hydrogen-bond acceptors (Lipinski definition) is 3. The molecule has 1 fully saturated rings. The number of aromatic amines is 1. The Labute approximate surface area is 220 Å². The van der Waals surface area contributed by atoms with Gasteiger partial charge in [0.05, 0.1) is 11.6 Å². The zero-order valence-corrected chi connectivity index (χ0v) is 21.4. The van der Waals surface area contributed by atoms with Crippen LogP contribution in [0.2, 0.25) is 5.02 Å². The highest BCUT2D eigenvalue weighted by Gasteiger charge is 2.43. The summed E-state index contributed by atoms with van der Waals surface area (Å²) in [5.41, 5.74) is 3.42. The fourth-order valence-corrected chi connectivity index (χ4v) is 5.70. The molecule has 0 spiro atoms. The molecule has 1 saturated heterocycles. The minimum Gasteiger partial charge on any atom is -0.345 e. The van der Waals surface area contributed by atoms with Crippen LogP contribution in [0.15, 0.2) is 73.1 Å². The zero-order valence-electron chi connectivity index (χ0n) is 20.7. The number of aromatic nitrogens is 2. The lowest BCUT2D eigenvalue weighted by Crippen LogP contribution is -2.52. The van der Waals surface area contributed by atoms with E-state index in [1.807, 2.05) is 42.5 Å². The summed E-state index contributed by atoms with van der Waals surface area (Å²) in [6.45, 7) is 5.07. The van der Waals surface area contributed by atoms with Crippen molar-refractivity contribution in [1.82, 2.24) is 14.9 Å². The molecule has 0 saturated carbocycles. The molecule has 1 atom stereocenters. The summed E-state index contributed by atoms with van der Waals surface area (Å²) in [5, 5.41) is 9.95. The first kappa shape index (κ1) is 25.1. The lowest BCUT2D eigenvalue weighted by molar-refractivity contribution is 0.0213. The third kappa shape index (κ3) is 5.29. The highest BCUT2D eigenvalue weighted by atomic mass is 35.5. The summed E-state index contributed by atoms with van der Waals surface area (Å²) in [6, 6.07) is 20.1. The number of H-pyrrole nitrogens is 1. The quantitative estimate of drug-likeness (QED) is 0.279. The van der Waals surface area contributed by atoms with Crippen LogP contribution in [0.25, 0.3) is 22.5 Å². The predicted molar refractivity (Wildman–Crippen MR) is 142 cm³/mol. The van der Waals surface area contributed by atoms with Gasteiger partial charge in [0.15, 0.2) is 0 Å². The number of benzene rings is 3. The van der Waals surface area contributed by atoms with Gasteiger partial charge in [0.1, 0.15) is 17.3 Å². The SMILES string of the molecule is CC(C)(F)[C@H](c1cc(F)cc(C#N)c1)C1CN(Cc2cccc(-c3ncc[nH]3)c2-c2ccc(Cl)cc2)C1. The molecule has 188 valence electrons. The van der Waals surface area contributed by atoms with Gasteiger partial charge in [-0.1, -0.05) is 41.9 Å². The van der Waals surface area contributed by atoms with Crippen LogP contribution in [-0.2, 0) is 6.54 Å². The summed E-state index contributed by atoms with van der Waals surface area (Å²) in [4.78, 5) is 9.95. The normalized spacial score (nSPS) is 15.2. The standard InChI is InChI=1S/C30H27ClF2N4/c1-30(2,33)28(22-12-19(15-34)13-25(32)14-22)23-17-37(18-23)16-21-4-3-5-26(29-35-10-11-36-29)27(21)20-6-8-24(31)9-7-20/h3-14,23,28H,16-18H2,1-2H3,(H,35,36)/t28-/m1/s1. The number of imidazole rings is 1. The fraction of sp³-hybridized carbons (Fsp3) is 0.267. The highest BCUT2D eigenvalue weighted by Crippen LogP contribution is 2.43. The van der Waals surface area contributed by atoms with Gasteiger partial charge in [-0.3, -0.25) is 4.90 Å². The van der Waals surface area contributed by atoms with E-state index in [4.69, 9.17) is 11.6 Å². The Morgan fingerprint density at radius 3 is 2.57 bits per heavy atom. The Morgan fingerprint density at radius 1 is 1.16 bits per heavy atom. The third-order valence-corrected chi connectivity index (χ3v) is 7.29. The summed E-state index contributed by atoms with van der Waals surface area (Å²) in [5.74, 6) is -0.244. The van der Waals surface area contributed by atoms with Gasteiger partial charge >= 0.3 is 0 Å². The number of alkyl halides is 1. The second-order valence-electron chi connectivity index (χ2n) is 10.2. The molecule has 1 aliphatic rings. The topological polar surface area (TPSA) is 55.7 Å². The van der Waals surface area contributed by atoms with Crippen molar-refractivity contribution in [2.45, 2.75) is 32.0 Å². The molecular weight excluding hydrogens is 490 g/mol. The summed E-state index contributed by atoms with van der Waals surface area (Å²) in [6.07, 6.45) is 3.54. The van der Waals surface area contributed by atoms with E-state index in [-0.39, 0.29) is 11.5 Å². The maximum atomic E-state index is 15.4. The second kappa shape index (κ2) is 10.1. The molecule has 2 heterocycles. The van der Waals surface area contributed by atoms with Crippen LogP contribution in [0, 0.1) is 23.1 Å². The van der Waals surface area contributed by atoms with Crippen molar-refractivity contribution in [3.05, 3.63) is 101 Å². The summed E-state index contributed by atoms with van der Waals surface area (Å²) < 4.78 is 29.6. The van der Waals surface area contributed by atoms with Crippen molar-refractivity contribution in [1.29, 1.82) is 5.26 Å². The van der Waals surface area contributed by atoms with Crippen molar-refractivity contribution in [2.24, 2.45) is 5.92 Å². The van der Waals surface area contributed by atoms with Crippen molar-refractivity contribution >= 4 is 11.6 Å². The average Bonchev–Trinajstić information content (AvgIpc) is 3.37. The van der Waals surface area contributed by atoms with E-state index in [1.165, 1.54) is 26.0 Å². The lowest BCUT2D eigenvalue weighted by Gasteiger charge is -2.47. The minimum atomic E-state index is -1.56. The minimum absolute atomic E-state index is 0.000538. The predicted octanol–water partition coefficient (Wildman–Crippen LogP) is 7.37. The van der Waals surface area contributed by atoms with Gasteiger partial charge in [0, 0.05) is 48.5 Å². The Balaban J connectivity index is 1.42. The van der Waals surface area contributed by atoms with Gasteiger partial charge in [-0.15, -0.1) is 0 Å². The average molecular weight is 517 g/mol. The molecule has 0 aliphatic carbocycles. The van der Waals surface area contributed by atoms with Crippen LogP contribution >= 0.6 is 11.6 Å². The molecule has 0 bridgehead atoms. The maximum Gasteiger partial charge on any atom is 0.137 e. The first-order valence-corrected chi connectivity index (χ1v) is 12.6. The van der Waals surface area contributed by atoms with E-state index in [0.29, 0.717) is 30.2 Å². The Kier molecular flexibility index (Phi) is 6.85. The van der Waals surface area contributed by atoms with E-state index in [0.717, 1.165) is 28.1 Å². The number of nitriles is 1. The largest absolute Gasteiger partial charge is 0.345 e. The van der Waals surface area contributed by atoms with Crippen molar-refractivity contribution in [3.8, 4) is 28.6 Å². The van der Waals surface area contributed by atoms with Crippen LogP contribution in [0.1, 0.15) is 36.5 Å². The number of nitrogens with zero attached hydrogens (tertiary/aromatic N) is 3. The second-order valence-corrected chi connectivity index (χ2v) is 10.6. The molecule has 4 aromatic rings. The number of rotatable bonds is 7. The molecule has 4 nitrogen and oxygen atoms in total. The third-order valence-electron chi connectivity index (χ3n) is 7.04. The highest BCUT2D eigenvalue weighted by molar-refractivity contribution is 6.30. The molecular formula is C30H27ClF2N4. The van der Waals surface area contributed by atoms with Gasteiger partial charge in [-0.05, 0) is 72.4 Å². The Hall–Kier alpha value is -3.53. The number of halogens is 3. The molecule has 1 N–H and O–H groups in total.